The van der Waals surface area contributed by atoms with E-state index in [4.69, 9.17) is 5.73 Å². The van der Waals surface area contributed by atoms with Gasteiger partial charge in [-0.05, 0) is 37.4 Å². The Hall–Kier alpha value is -1.62. The smallest absolute Gasteiger partial charge is 0.227 e. The lowest BCUT2D eigenvalue weighted by Gasteiger charge is -2.20. The van der Waals surface area contributed by atoms with Crippen molar-refractivity contribution in [3.05, 3.63) is 18.3 Å². The lowest BCUT2D eigenvalue weighted by Crippen LogP contribution is -2.30. The molecule has 5 nitrogen and oxygen atoms in total. The minimum absolute atomic E-state index is 0.0419. The van der Waals surface area contributed by atoms with E-state index in [0.29, 0.717) is 12.5 Å². The lowest BCUT2D eigenvalue weighted by atomic mass is 9.95. The third-order valence-corrected chi connectivity index (χ3v) is 3.77. The van der Waals surface area contributed by atoms with E-state index in [1.54, 1.807) is 6.20 Å². The molecule has 1 aliphatic carbocycles. The van der Waals surface area contributed by atoms with Crippen molar-refractivity contribution in [3.8, 4) is 0 Å². The van der Waals surface area contributed by atoms with E-state index in [9.17, 15) is 4.79 Å². The summed E-state index contributed by atoms with van der Waals surface area (Å²) >= 11 is 0. The quantitative estimate of drug-likeness (QED) is 0.861. The van der Waals surface area contributed by atoms with Crippen molar-refractivity contribution >= 4 is 17.4 Å². The van der Waals surface area contributed by atoms with Gasteiger partial charge in [0.1, 0.15) is 0 Å². The lowest BCUT2D eigenvalue weighted by molar-refractivity contribution is -0.120. The average molecular weight is 262 g/mol. The van der Waals surface area contributed by atoms with Crippen LogP contribution in [0.1, 0.15) is 19.3 Å². The number of carbonyl (C=O) groups is 1. The Labute approximate surface area is 114 Å². The van der Waals surface area contributed by atoms with Crippen LogP contribution in [0.5, 0.6) is 0 Å². The van der Waals surface area contributed by atoms with Crippen LogP contribution >= 0.6 is 0 Å². The molecule has 1 aromatic rings. The van der Waals surface area contributed by atoms with Crippen LogP contribution in [0.15, 0.2) is 18.3 Å². The molecule has 2 rings (SSSR count). The molecule has 0 aliphatic heterocycles. The van der Waals surface area contributed by atoms with Crippen LogP contribution in [0.25, 0.3) is 0 Å². The second-order valence-corrected chi connectivity index (χ2v) is 5.29. The molecular weight excluding hydrogens is 240 g/mol. The van der Waals surface area contributed by atoms with Crippen LogP contribution in [0.3, 0.4) is 0 Å². The van der Waals surface area contributed by atoms with E-state index in [-0.39, 0.29) is 11.8 Å². The molecule has 0 bridgehead atoms. The van der Waals surface area contributed by atoms with Crippen molar-refractivity contribution in [1.82, 2.24) is 4.98 Å². The molecule has 1 aromatic heterocycles. The standard InChI is InChI=1S/C14H22N4O/c1-18(2)13-12(7-4-8-16-13)17-14(19)11-6-3-5-10(11)9-15/h4,7-8,10-11H,3,5-6,9,15H2,1-2H3,(H,17,19). The Morgan fingerprint density at radius 2 is 2.32 bits per heavy atom. The Kier molecular flexibility index (Phi) is 4.37. The minimum Gasteiger partial charge on any atom is -0.361 e. The number of rotatable bonds is 4. The Balaban J connectivity index is 2.11. The van der Waals surface area contributed by atoms with Crippen LogP contribution in [0, 0.1) is 11.8 Å². The summed E-state index contributed by atoms with van der Waals surface area (Å²) < 4.78 is 0. The van der Waals surface area contributed by atoms with Crippen molar-refractivity contribution < 1.29 is 4.79 Å². The SMILES string of the molecule is CN(C)c1ncccc1NC(=O)C1CCCC1CN. The molecule has 5 heteroatoms. The molecule has 2 atom stereocenters. The molecular formula is C14H22N4O. The first-order valence-electron chi connectivity index (χ1n) is 6.76. The molecule has 1 fully saturated rings. The number of nitrogens with zero attached hydrogens (tertiary/aromatic N) is 2. The number of hydrogen-bond acceptors (Lipinski definition) is 4. The van der Waals surface area contributed by atoms with Crippen LogP contribution in [-0.2, 0) is 4.79 Å². The fourth-order valence-corrected chi connectivity index (χ4v) is 2.74. The number of carbonyl (C=O) groups excluding carboxylic acids is 1. The fraction of sp³-hybridized carbons (Fsp3) is 0.571. The molecule has 19 heavy (non-hydrogen) atoms. The molecule has 1 amide bonds. The predicted molar refractivity (Wildman–Crippen MR) is 77.1 cm³/mol. The van der Waals surface area contributed by atoms with Gasteiger partial charge in [-0.25, -0.2) is 4.98 Å². The summed E-state index contributed by atoms with van der Waals surface area (Å²) in [5.41, 5.74) is 6.50. The van der Waals surface area contributed by atoms with E-state index < -0.39 is 0 Å². The summed E-state index contributed by atoms with van der Waals surface area (Å²) in [5.74, 6) is 1.21. The summed E-state index contributed by atoms with van der Waals surface area (Å²) in [6, 6.07) is 3.71. The van der Waals surface area contributed by atoms with Gasteiger partial charge in [-0.15, -0.1) is 0 Å². The number of anilines is 2. The van der Waals surface area contributed by atoms with Crippen LogP contribution in [0.2, 0.25) is 0 Å². The Morgan fingerprint density at radius 3 is 3.00 bits per heavy atom. The zero-order valence-electron chi connectivity index (χ0n) is 11.6. The highest BCUT2D eigenvalue weighted by atomic mass is 16.1. The zero-order valence-corrected chi connectivity index (χ0v) is 11.6. The largest absolute Gasteiger partial charge is 0.361 e. The monoisotopic (exact) mass is 262 g/mol. The van der Waals surface area contributed by atoms with Gasteiger partial charge in [0.15, 0.2) is 5.82 Å². The van der Waals surface area contributed by atoms with Crippen molar-refractivity contribution in [3.63, 3.8) is 0 Å². The van der Waals surface area contributed by atoms with Crippen molar-refractivity contribution in [2.24, 2.45) is 17.6 Å². The van der Waals surface area contributed by atoms with Gasteiger partial charge in [-0.2, -0.15) is 0 Å². The molecule has 0 spiro atoms. The van der Waals surface area contributed by atoms with Gasteiger partial charge in [-0.3, -0.25) is 4.79 Å². The van der Waals surface area contributed by atoms with E-state index in [1.165, 1.54) is 0 Å². The van der Waals surface area contributed by atoms with Gasteiger partial charge < -0.3 is 16.0 Å². The molecule has 1 heterocycles. The van der Waals surface area contributed by atoms with Gasteiger partial charge in [-0.1, -0.05) is 6.42 Å². The van der Waals surface area contributed by atoms with Crippen molar-refractivity contribution in [2.75, 3.05) is 30.9 Å². The third-order valence-electron chi connectivity index (χ3n) is 3.77. The van der Waals surface area contributed by atoms with Gasteiger partial charge >= 0.3 is 0 Å². The highest BCUT2D eigenvalue weighted by Gasteiger charge is 2.32. The van der Waals surface area contributed by atoms with E-state index in [1.807, 2.05) is 31.1 Å². The van der Waals surface area contributed by atoms with Crippen molar-refractivity contribution in [2.45, 2.75) is 19.3 Å². The maximum Gasteiger partial charge on any atom is 0.227 e. The predicted octanol–water partition coefficient (Wildman–Crippen LogP) is 1.46. The molecule has 104 valence electrons. The topological polar surface area (TPSA) is 71.2 Å². The summed E-state index contributed by atoms with van der Waals surface area (Å²) in [6.07, 6.45) is 4.81. The molecule has 3 N–H and O–H groups in total. The molecule has 1 saturated carbocycles. The van der Waals surface area contributed by atoms with Gasteiger partial charge in [0.2, 0.25) is 5.91 Å². The zero-order chi connectivity index (χ0) is 13.8. The Bertz CT molecular complexity index is 447. The van der Waals surface area contributed by atoms with E-state index in [0.717, 1.165) is 30.8 Å². The van der Waals surface area contributed by atoms with E-state index in [2.05, 4.69) is 10.3 Å². The summed E-state index contributed by atoms with van der Waals surface area (Å²) in [7, 11) is 3.83. The first-order chi connectivity index (χ1) is 9.13. The number of aromatic nitrogens is 1. The van der Waals surface area contributed by atoms with Crippen LogP contribution in [0.4, 0.5) is 11.5 Å². The normalized spacial score (nSPS) is 22.3. The van der Waals surface area contributed by atoms with Crippen molar-refractivity contribution in [1.29, 1.82) is 0 Å². The number of nitrogens with one attached hydrogen (secondary N) is 1. The average Bonchev–Trinajstić information content (AvgIpc) is 2.87. The van der Waals surface area contributed by atoms with Gasteiger partial charge in [0.25, 0.3) is 0 Å². The summed E-state index contributed by atoms with van der Waals surface area (Å²) in [5, 5.41) is 3.00. The molecule has 0 radical (unpaired) electrons. The maximum absolute atomic E-state index is 12.3. The summed E-state index contributed by atoms with van der Waals surface area (Å²) in [6.45, 7) is 0.589. The molecule has 0 aromatic carbocycles. The first-order valence-corrected chi connectivity index (χ1v) is 6.76. The van der Waals surface area contributed by atoms with Gasteiger partial charge in [0, 0.05) is 26.2 Å². The molecule has 0 saturated heterocycles. The van der Waals surface area contributed by atoms with Gasteiger partial charge in [0.05, 0.1) is 5.69 Å². The minimum atomic E-state index is 0.0419. The molecule has 1 aliphatic rings. The molecule has 2 unspecified atom stereocenters. The summed E-state index contributed by atoms with van der Waals surface area (Å²) in [4.78, 5) is 18.5. The Morgan fingerprint density at radius 1 is 1.53 bits per heavy atom. The first kappa shape index (κ1) is 13.8. The highest BCUT2D eigenvalue weighted by Crippen LogP contribution is 2.32. The number of hydrogen-bond donors (Lipinski definition) is 2. The van der Waals surface area contributed by atoms with Crippen LogP contribution < -0.4 is 16.0 Å². The number of nitrogens with two attached hydrogens (primary N) is 1. The fourth-order valence-electron chi connectivity index (χ4n) is 2.74. The third kappa shape index (κ3) is 3.04. The number of amides is 1. The maximum atomic E-state index is 12.3. The second kappa shape index (κ2) is 6.02. The van der Waals surface area contributed by atoms with E-state index >= 15 is 0 Å². The van der Waals surface area contributed by atoms with Crippen LogP contribution in [-0.4, -0.2) is 31.5 Å². The number of pyridine rings is 1. The second-order valence-electron chi connectivity index (χ2n) is 5.29. The highest BCUT2D eigenvalue weighted by molar-refractivity contribution is 5.95.